The van der Waals surface area contributed by atoms with E-state index in [1.165, 1.54) is 6.42 Å². The SMILES string of the molecule is CNC1C=CN=C(C=O)/C1=C/NCc1ccc(CCCC(C)(C)C)nc1. The van der Waals surface area contributed by atoms with Gasteiger partial charge >= 0.3 is 0 Å². The third-order valence-electron chi connectivity index (χ3n) is 4.36. The Labute approximate surface area is 156 Å². The summed E-state index contributed by atoms with van der Waals surface area (Å²) in [4.78, 5) is 19.9. The second kappa shape index (κ2) is 9.43. The highest BCUT2D eigenvalue weighted by atomic mass is 16.1. The number of carbonyl (C=O) groups is 1. The lowest BCUT2D eigenvalue weighted by molar-refractivity contribution is -0.102. The molecule has 5 nitrogen and oxygen atoms in total. The number of aldehydes is 1. The fraction of sp³-hybridized carbons (Fsp3) is 0.476. The van der Waals surface area contributed by atoms with Gasteiger partial charge in [0.15, 0.2) is 6.29 Å². The van der Waals surface area contributed by atoms with Crippen LogP contribution < -0.4 is 10.6 Å². The van der Waals surface area contributed by atoms with Gasteiger partial charge in [0.05, 0.1) is 6.04 Å². The lowest BCUT2D eigenvalue weighted by Crippen LogP contribution is -2.32. The number of hydrogen-bond acceptors (Lipinski definition) is 5. The summed E-state index contributed by atoms with van der Waals surface area (Å²) in [6.45, 7) is 7.46. The van der Waals surface area contributed by atoms with Crippen molar-refractivity contribution < 1.29 is 4.79 Å². The molecule has 0 amide bonds. The number of pyridine rings is 1. The fourth-order valence-electron chi connectivity index (χ4n) is 2.85. The van der Waals surface area contributed by atoms with Crippen molar-refractivity contribution in [3.05, 3.63) is 53.6 Å². The molecule has 0 fully saturated rings. The second-order valence-electron chi connectivity index (χ2n) is 7.79. The van der Waals surface area contributed by atoms with Gasteiger partial charge in [-0.25, -0.2) is 0 Å². The highest BCUT2D eigenvalue weighted by Crippen LogP contribution is 2.21. The molecule has 2 heterocycles. The average Bonchev–Trinajstić information content (AvgIpc) is 2.62. The van der Waals surface area contributed by atoms with Crippen LogP contribution in [0.25, 0.3) is 0 Å². The van der Waals surface area contributed by atoms with Crippen molar-refractivity contribution in [3.63, 3.8) is 0 Å². The summed E-state index contributed by atoms with van der Waals surface area (Å²) in [6.07, 6.45) is 11.5. The molecule has 0 bridgehead atoms. The largest absolute Gasteiger partial charge is 0.386 e. The number of likely N-dealkylation sites (N-methyl/N-ethyl adjacent to an activating group) is 1. The molecule has 0 saturated carbocycles. The predicted molar refractivity (Wildman–Crippen MR) is 107 cm³/mol. The zero-order valence-electron chi connectivity index (χ0n) is 16.2. The summed E-state index contributed by atoms with van der Waals surface area (Å²) in [7, 11) is 1.86. The van der Waals surface area contributed by atoms with Crippen molar-refractivity contribution in [2.75, 3.05) is 7.05 Å². The van der Waals surface area contributed by atoms with E-state index in [9.17, 15) is 4.79 Å². The summed E-state index contributed by atoms with van der Waals surface area (Å²) in [5, 5.41) is 6.42. The lowest BCUT2D eigenvalue weighted by Gasteiger charge is -2.18. The molecule has 1 aliphatic rings. The Morgan fingerprint density at radius 3 is 2.69 bits per heavy atom. The van der Waals surface area contributed by atoms with Gasteiger partial charge in [-0.15, -0.1) is 0 Å². The van der Waals surface area contributed by atoms with Crippen molar-refractivity contribution >= 4 is 12.0 Å². The van der Waals surface area contributed by atoms with Crippen LogP contribution in [0.15, 0.2) is 47.4 Å². The van der Waals surface area contributed by atoms with Gasteiger partial charge in [0.1, 0.15) is 5.71 Å². The summed E-state index contributed by atoms with van der Waals surface area (Å²) < 4.78 is 0. The van der Waals surface area contributed by atoms with Gasteiger partial charge in [0, 0.05) is 36.4 Å². The second-order valence-corrected chi connectivity index (χ2v) is 7.79. The van der Waals surface area contributed by atoms with E-state index >= 15 is 0 Å². The maximum atomic E-state index is 11.2. The number of aliphatic imine (C=N–C) groups is 1. The third kappa shape index (κ3) is 6.23. The van der Waals surface area contributed by atoms with E-state index in [4.69, 9.17) is 0 Å². The van der Waals surface area contributed by atoms with E-state index in [1.807, 2.05) is 25.5 Å². The number of nitrogens with zero attached hydrogens (tertiary/aromatic N) is 2. The number of hydrogen-bond donors (Lipinski definition) is 2. The van der Waals surface area contributed by atoms with Crippen LogP contribution in [0, 0.1) is 5.41 Å². The van der Waals surface area contributed by atoms with E-state index in [2.05, 4.69) is 53.5 Å². The molecule has 0 aromatic carbocycles. The van der Waals surface area contributed by atoms with Gasteiger partial charge in [0.25, 0.3) is 0 Å². The molecular weight excluding hydrogens is 324 g/mol. The maximum Gasteiger partial charge on any atom is 0.168 e. The molecule has 1 atom stereocenters. The topological polar surface area (TPSA) is 66.4 Å². The highest BCUT2D eigenvalue weighted by molar-refractivity contribution is 6.37. The zero-order chi connectivity index (χ0) is 19.0. The van der Waals surface area contributed by atoms with Crippen LogP contribution in [0.5, 0.6) is 0 Å². The average molecular weight is 354 g/mol. The minimum atomic E-state index is -0.0106. The molecule has 5 heteroatoms. The first-order valence-corrected chi connectivity index (χ1v) is 9.17. The Morgan fingerprint density at radius 2 is 2.08 bits per heavy atom. The van der Waals surface area contributed by atoms with Crippen LogP contribution in [-0.2, 0) is 17.8 Å². The highest BCUT2D eigenvalue weighted by Gasteiger charge is 2.17. The smallest absolute Gasteiger partial charge is 0.168 e. The monoisotopic (exact) mass is 354 g/mol. The molecule has 1 aliphatic heterocycles. The molecule has 140 valence electrons. The zero-order valence-corrected chi connectivity index (χ0v) is 16.2. The summed E-state index contributed by atoms with van der Waals surface area (Å²) >= 11 is 0. The van der Waals surface area contributed by atoms with Gasteiger partial charge in [-0.1, -0.05) is 26.8 Å². The molecule has 0 radical (unpaired) electrons. The van der Waals surface area contributed by atoms with Crippen molar-refractivity contribution in [3.8, 4) is 0 Å². The summed E-state index contributed by atoms with van der Waals surface area (Å²) in [5.41, 5.74) is 3.92. The number of nitrogens with one attached hydrogen (secondary N) is 2. The number of carbonyl (C=O) groups excluding carboxylic acids is 1. The Bertz CT molecular complexity index is 681. The van der Waals surface area contributed by atoms with Gasteiger partial charge < -0.3 is 10.6 Å². The molecule has 1 aromatic rings. The maximum absolute atomic E-state index is 11.2. The normalized spacial score (nSPS) is 18.7. The Balaban J connectivity index is 1.88. The van der Waals surface area contributed by atoms with Crippen molar-refractivity contribution in [1.29, 1.82) is 0 Å². The molecule has 2 N–H and O–H groups in total. The van der Waals surface area contributed by atoms with E-state index in [0.717, 1.165) is 36.0 Å². The number of rotatable bonds is 8. The minimum absolute atomic E-state index is 0.0106. The third-order valence-corrected chi connectivity index (χ3v) is 4.36. The minimum Gasteiger partial charge on any atom is -0.386 e. The first-order valence-electron chi connectivity index (χ1n) is 9.17. The van der Waals surface area contributed by atoms with Crippen molar-refractivity contribution in [1.82, 2.24) is 15.6 Å². The quantitative estimate of drug-likeness (QED) is 0.704. The molecular formula is C21H30N4O. The van der Waals surface area contributed by atoms with Crippen LogP contribution in [0.4, 0.5) is 0 Å². The lowest BCUT2D eigenvalue weighted by atomic mass is 9.89. The van der Waals surface area contributed by atoms with Crippen LogP contribution >= 0.6 is 0 Å². The molecule has 2 rings (SSSR count). The Kier molecular flexibility index (Phi) is 7.27. The molecule has 0 spiro atoms. The van der Waals surface area contributed by atoms with E-state index < -0.39 is 0 Å². The van der Waals surface area contributed by atoms with Crippen LogP contribution in [0.2, 0.25) is 0 Å². The molecule has 0 saturated heterocycles. The molecule has 1 unspecified atom stereocenters. The summed E-state index contributed by atoms with van der Waals surface area (Å²) in [6, 6.07) is 4.20. The van der Waals surface area contributed by atoms with E-state index in [1.54, 1.807) is 6.20 Å². The fourth-order valence-corrected chi connectivity index (χ4v) is 2.85. The Hall–Kier alpha value is -2.27. The van der Waals surface area contributed by atoms with Gasteiger partial charge in [0.2, 0.25) is 0 Å². The molecule has 26 heavy (non-hydrogen) atoms. The Morgan fingerprint density at radius 1 is 1.27 bits per heavy atom. The van der Waals surface area contributed by atoms with Crippen LogP contribution in [-0.4, -0.2) is 30.1 Å². The van der Waals surface area contributed by atoms with Crippen molar-refractivity contribution in [2.45, 2.75) is 52.6 Å². The van der Waals surface area contributed by atoms with Gasteiger partial charge in [-0.05, 0) is 49.4 Å². The van der Waals surface area contributed by atoms with Crippen LogP contribution in [0.3, 0.4) is 0 Å². The first kappa shape index (κ1) is 20.0. The number of aryl methyl sites for hydroxylation is 1. The molecule has 0 aliphatic carbocycles. The standard InChI is InChI=1S/C21H30N4O/c1-21(2,3)10-5-6-17-8-7-16(13-25-17)12-23-14-18-19(22-4)9-11-24-20(18)15-26/h7-9,11,13-15,19,22-23H,5-6,10,12H2,1-4H3/b18-14+. The van der Waals surface area contributed by atoms with Gasteiger partial charge in [-0.3, -0.25) is 14.8 Å². The van der Waals surface area contributed by atoms with Gasteiger partial charge in [-0.2, -0.15) is 0 Å². The first-order chi connectivity index (χ1) is 12.4. The van der Waals surface area contributed by atoms with Crippen LogP contribution in [0.1, 0.15) is 44.9 Å². The van der Waals surface area contributed by atoms with E-state index in [-0.39, 0.29) is 6.04 Å². The molecule has 1 aromatic heterocycles. The van der Waals surface area contributed by atoms with Crippen molar-refractivity contribution in [2.24, 2.45) is 10.4 Å². The summed E-state index contributed by atoms with van der Waals surface area (Å²) in [5.74, 6) is 0. The number of aromatic nitrogens is 1. The predicted octanol–water partition coefficient (Wildman–Crippen LogP) is 3.18. The van der Waals surface area contributed by atoms with E-state index in [0.29, 0.717) is 17.7 Å².